The van der Waals surface area contributed by atoms with Gasteiger partial charge in [0.05, 0.1) is 12.6 Å². The van der Waals surface area contributed by atoms with Gasteiger partial charge in [-0.15, -0.1) is 0 Å². The van der Waals surface area contributed by atoms with Crippen LogP contribution in [-0.4, -0.2) is 76.5 Å². The molecule has 1 aromatic heterocycles. The van der Waals surface area contributed by atoms with E-state index in [0.29, 0.717) is 11.1 Å². The molecular formula is C31H34N4O6S. The van der Waals surface area contributed by atoms with Crippen LogP contribution in [0.3, 0.4) is 0 Å². The first-order valence-corrected chi connectivity index (χ1v) is 15.2. The number of ketones is 1. The fraction of sp³-hybridized carbons (Fsp3) is 0.355. The second kappa shape index (κ2) is 11.3. The molecule has 10 nitrogen and oxygen atoms in total. The Morgan fingerprint density at radius 3 is 2.38 bits per heavy atom. The Balaban J connectivity index is 1.39. The van der Waals surface area contributed by atoms with Crippen molar-refractivity contribution >= 4 is 27.6 Å². The van der Waals surface area contributed by atoms with Gasteiger partial charge in [0, 0.05) is 30.9 Å². The van der Waals surface area contributed by atoms with E-state index in [1.54, 1.807) is 24.3 Å². The van der Waals surface area contributed by atoms with Crippen molar-refractivity contribution in [1.29, 1.82) is 0 Å². The number of nitrogens with zero attached hydrogens (tertiary/aromatic N) is 3. The number of likely N-dealkylation sites (tertiary alicyclic amines) is 1. The van der Waals surface area contributed by atoms with Crippen molar-refractivity contribution < 1.29 is 27.9 Å². The lowest BCUT2D eigenvalue weighted by Gasteiger charge is -2.28. The molecule has 0 radical (unpaired) electrons. The minimum absolute atomic E-state index is 0.0156. The molecule has 220 valence electrons. The van der Waals surface area contributed by atoms with Gasteiger partial charge < -0.3 is 15.3 Å². The average molecular weight is 591 g/mol. The van der Waals surface area contributed by atoms with Crippen LogP contribution in [0.25, 0.3) is 0 Å². The molecule has 5 rings (SSSR count). The smallest absolute Gasteiger partial charge is 0.251 e. The first-order chi connectivity index (χ1) is 19.9. The third-order valence-electron chi connectivity index (χ3n) is 7.89. The number of Topliss-reactive ketones (excluding diaryl/α,β-unsaturated/α-hetero) is 1. The van der Waals surface area contributed by atoms with Crippen LogP contribution in [0.1, 0.15) is 48.7 Å². The number of carbonyl (C=O) groups is 3. The fourth-order valence-corrected chi connectivity index (χ4v) is 7.20. The summed E-state index contributed by atoms with van der Waals surface area (Å²) in [5, 5.41) is 12.6. The normalized spacial score (nSPS) is 19.9. The number of hydrogen-bond acceptors (Lipinski definition) is 7. The molecule has 2 saturated heterocycles. The molecule has 2 aromatic carbocycles. The zero-order chi connectivity index (χ0) is 30.2. The lowest BCUT2D eigenvalue weighted by atomic mass is 9.86. The van der Waals surface area contributed by atoms with E-state index in [4.69, 9.17) is 0 Å². The molecule has 3 aromatic rings. The summed E-state index contributed by atoms with van der Waals surface area (Å²) < 4.78 is 27.8. The monoisotopic (exact) mass is 590 g/mol. The summed E-state index contributed by atoms with van der Waals surface area (Å²) in [5.74, 6) is -1.21. The molecule has 3 unspecified atom stereocenters. The van der Waals surface area contributed by atoms with E-state index < -0.39 is 40.0 Å². The molecule has 2 amide bonds. The molecule has 2 fully saturated rings. The van der Waals surface area contributed by atoms with Crippen molar-refractivity contribution in [3.63, 3.8) is 0 Å². The number of rotatable bonds is 7. The number of phenolic OH excluding ortho intramolecular Hbond substituents is 1. The van der Waals surface area contributed by atoms with Crippen LogP contribution in [0.15, 0.2) is 78.0 Å². The Morgan fingerprint density at radius 2 is 1.76 bits per heavy atom. The van der Waals surface area contributed by atoms with Gasteiger partial charge in [0.15, 0.2) is 5.78 Å². The summed E-state index contributed by atoms with van der Waals surface area (Å²) in [6.07, 6.45) is 3.11. The summed E-state index contributed by atoms with van der Waals surface area (Å²) in [7, 11) is -4.00. The summed E-state index contributed by atoms with van der Waals surface area (Å²) in [6, 6.07) is 13.8. The first-order valence-electron chi connectivity index (χ1n) is 13.8. The number of aromatic hydroxyl groups is 1. The van der Waals surface area contributed by atoms with Gasteiger partial charge in [-0.25, -0.2) is 8.42 Å². The molecule has 0 spiro atoms. The second-order valence-electron chi connectivity index (χ2n) is 11.8. The van der Waals surface area contributed by atoms with Crippen LogP contribution in [0.5, 0.6) is 5.75 Å². The maximum atomic E-state index is 14.0. The summed E-state index contributed by atoms with van der Waals surface area (Å²) in [5.41, 5.74) is 2.05. The number of sulfonamides is 1. The van der Waals surface area contributed by atoms with Gasteiger partial charge in [0.2, 0.25) is 15.9 Å². The van der Waals surface area contributed by atoms with Crippen LogP contribution in [0, 0.1) is 0 Å². The number of nitrogens with one attached hydrogen (secondary N) is 1. The molecule has 42 heavy (non-hydrogen) atoms. The van der Waals surface area contributed by atoms with E-state index in [0.717, 1.165) is 9.87 Å². The predicted molar refractivity (Wildman–Crippen MR) is 155 cm³/mol. The van der Waals surface area contributed by atoms with E-state index in [1.807, 2.05) is 12.1 Å². The molecule has 3 atom stereocenters. The zero-order valence-electron chi connectivity index (χ0n) is 23.7. The molecule has 0 aliphatic carbocycles. The predicted octanol–water partition coefficient (Wildman–Crippen LogP) is 2.67. The molecule has 2 aliphatic heterocycles. The van der Waals surface area contributed by atoms with Crippen molar-refractivity contribution in [2.24, 2.45) is 0 Å². The van der Waals surface area contributed by atoms with Gasteiger partial charge in [-0.2, -0.15) is 4.31 Å². The highest BCUT2D eigenvalue weighted by Crippen LogP contribution is 2.34. The van der Waals surface area contributed by atoms with Gasteiger partial charge in [-0.1, -0.05) is 45.0 Å². The number of hydrogen-bond donors (Lipinski definition) is 2. The molecule has 0 bridgehead atoms. The largest absolute Gasteiger partial charge is 0.508 e. The van der Waals surface area contributed by atoms with Crippen LogP contribution >= 0.6 is 0 Å². The third-order valence-corrected chi connectivity index (χ3v) is 9.75. The number of phenols is 1. The minimum Gasteiger partial charge on any atom is -0.508 e. The van der Waals surface area contributed by atoms with Crippen LogP contribution in [-0.2, 0) is 31.4 Å². The number of benzene rings is 2. The summed E-state index contributed by atoms with van der Waals surface area (Å²) in [4.78, 5) is 45.8. The Bertz CT molecular complexity index is 1590. The van der Waals surface area contributed by atoms with Crippen LogP contribution in [0.4, 0.5) is 0 Å². The highest BCUT2D eigenvalue weighted by molar-refractivity contribution is 7.89. The fourth-order valence-electron chi connectivity index (χ4n) is 5.61. The molecule has 3 heterocycles. The lowest BCUT2D eigenvalue weighted by molar-refractivity contribution is -0.138. The maximum Gasteiger partial charge on any atom is 0.251 e. The third kappa shape index (κ3) is 5.79. The Kier molecular flexibility index (Phi) is 7.91. The lowest BCUT2D eigenvalue weighted by Crippen LogP contribution is -2.53. The van der Waals surface area contributed by atoms with Crippen molar-refractivity contribution in [3.05, 3.63) is 89.7 Å². The Hall–Kier alpha value is -4.09. The minimum atomic E-state index is -4.00. The number of fused-ring (bicyclic) bond motifs is 1. The van der Waals surface area contributed by atoms with Crippen molar-refractivity contribution in [2.45, 2.75) is 62.0 Å². The Morgan fingerprint density at radius 1 is 1.07 bits per heavy atom. The maximum absolute atomic E-state index is 14.0. The molecular weight excluding hydrogens is 556 g/mol. The van der Waals surface area contributed by atoms with Crippen molar-refractivity contribution in [3.8, 4) is 5.75 Å². The topological polar surface area (TPSA) is 137 Å². The van der Waals surface area contributed by atoms with Crippen LogP contribution < -0.4 is 5.32 Å². The quantitative estimate of drug-likeness (QED) is 0.432. The number of amides is 2. The molecule has 2 aliphatic rings. The number of aromatic nitrogens is 1. The highest BCUT2D eigenvalue weighted by Gasteiger charge is 2.54. The molecule has 0 saturated carbocycles. The van der Waals surface area contributed by atoms with Gasteiger partial charge in [0.1, 0.15) is 22.7 Å². The standard InChI is InChI=1S/C31H34N4O6S/c1-31(2,3)22-10-8-21(9-11-22)29(38)33-25(17-20-6-12-23(36)13-7-20)30(39)34-16-14-26-28(34)27(37)19-35(26)42(40,41)24-5-4-15-32-18-24/h4-13,15,18,25-26,28,36H,14,16-17,19H2,1-3H3,(H,33,38). The number of carbonyl (C=O) groups excluding carboxylic acids is 3. The van der Waals surface area contributed by atoms with E-state index in [1.165, 1.54) is 41.6 Å². The first kappa shape index (κ1) is 29.4. The van der Waals surface area contributed by atoms with Gasteiger partial charge in [-0.3, -0.25) is 19.4 Å². The zero-order valence-corrected chi connectivity index (χ0v) is 24.5. The van der Waals surface area contributed by atoms with E-state index >= 15 is 0 Å². The highest BCUT2D eigenvalue weighted by atomic mass is 32.2. The van der Waals surface area contributed by atoms with Crippen LogP contribution in [0.2, 0.25) is 0 Å². The molecule has 2 N–H and O–H groups in total. The Labute approximate surface area is 245 Å². The average Bonchev–Trinajstić information content (AvgIpc) is 3.55. The van der Waals surface area contributed by atoms with Gasteiger partial charge in [-0.05, 0) is 59.4 Å². The van der Waals surface area contributed by atoms with E-state index in [2.05, 4.69) is 31.1 Å². The SMILES string of the molecule is CC(C)(C)c1ccc(C(=O)NC(Cc2ccc(O)cc2)C(=O)N2CCC3C2C(=O)CN3S(=O)(=O)c2cccnc2)cc1. The second-order valence-corrected chi connectivity index (χ2v) is 13.7. The summed E-state index contributed by atoms with van der Waals surface area (Å²) in [6.45, 7) is 6.05. The molecule has 11 heteroatoms. The van der Waals surface area contributed by atoms with E-state index in [9.17, 15) is 27.9 Å². The number of pyridine rings is 1. The van der Waals surface area contributed by atoms with E-state index in [-0.39, 0.29) is 47.8 Å². The van der Waals surface area contributed by atoms with Gasteiger partial charge in [0.25, 0.3) is 5.91 Å². The van der Waals surface area contributed by atoms with Gasteiger partial charge >= 0.3 is 0 Å². The van der Waals surface area contributed by atoms with Crippen molar-refractivity contribution in [2.75, 3.05) is 13.1 Å². The van der Waals surface area contributed by atoms with Crippen molar-refractivity contribution in [1.82, 2.24) is 19.5 Å². The summed E-state index contributed by atoms with van der Waals surface area (Å²) >= 11 is 0.